The summed E-state index contributed by atoms with van der Waals surface area (Å²) in [4.78, 5) is 13.3. The van der Waals surface area contributed by atoms with E-state index in [1.54, 1.807) is 11.4 Å². The Labute approximate surface area is 126 Å². The molecule has 0 radical (unpaired) electrons. The molecule has 21 heavy (non-hydrogen) atoms. The van der Waals surface area contributed by atoms with Crippen molar-refractivity contribution in [2.75, 3.05) is 0 Å². The lowest BCUT2D eigenvalue weighted by molar-refractivity contribution is 0.393. The molecule has 0 aliphatic rings. The predicted molar refractivity (Wildman–Crippen MR) is 79.6 cm³/mol. The van der Waals surface area contributed by atoms with Gasteiger partial charge in [0.1, 0.15) is 5.76 Å². The largest absolute Gasteiger partial charge is 0.447 e. The van der Waals surface area contributed by atoms with Crippen LogP contribution in [0.25, 0.3) is 0 Å². The number of thiazole rings is 1. The van der Waals surface area contributed by atoms with Gasteiger partial charge in [-0.3, -0.25) is 4.79 Å². The summed E-state index contributed by atoms with van der Waals surface area (Å²) in [6, 6.07) is 3.32. The molecule has 3 N–H and O–H groups in total. The number of aromatic amines is 1. The molecule has 9 heteroatoms. The number of rotatable bonds is 7. The Balaban J connectivity index is 2.00. The lowest BCUT2D eigenvalue weighted by Gasteiger charge is -2.05. The zero-order chi connectivity index (χ0) is 15.5. The van der Waals surface area contributed by atoms with E-state index in [-0.39, 0.29) is 22.6 Å². The van der Waals surface area contributed by atoms with Crippen LogP contribution < -0.4 is 14.9 Å². The molecule has 0 fully saturated rings. The quantitative estimate of drug-likeness (QED) is 0.702. The molecule has 0 aromatic carbocycles. The summed E-state index contributed by atoms with van der Waals surface area (Å²) in [5, 5.41) is 4.58. The van der Waals surface area contributed by atoms with Crippen LogP contribution in [0.1, 0.15) is 25.3 Å². The minimum Gasteiger partial charge on any atom is -0.447 e. The lowest BCUT2D eigenvalue weighted by atomic mass is 10.3. The van der Waals surface area contributed by atoms with Gasteiger partial charge in [0, 0.05) is 17.1 Å². The summed E-state index contributed by atoms with van der Waals surface area (Å²) >= 11 is 0.987. The Bertz CT molecular complexity index is 742. The van der Waals surface area contributed by atoms with Crippen LogP contribution in [0.2, 0.25) is 0 Å². The summed E-state index contributed by atoms with van der Waals surface area (Å²) in [6.07, 6.45) is 0. The molecule has 7 nitrogen and oxygen atoms in total. The van der Waals surface area contributed by atoms with Gasteiger partial charge in [0.25, 0.3) is 10.0 Å². The Morgan fingerprint density at radius 3 is 2.71 bits per heavy atom. The molecule has 2 rings (SSSR count). The SMILES string of the molecule is CC(C)NCc1ccc(S(=O)(=O)NCc2csc(=O)[nH]2)o1. The summed E-state index contributed by atoms with van der Waals surface area (Å²) in [5.74, 6) is 0.549. The van der Waals surface area contributed by atoms with Crippen LogP contribution in [0.3, 0.4) is 0 Å². The fourth-order valence-electron chi connectivity index (χ4n) is 1.55. The van der Waals surface area contributed by atoms with Crippen LogP contribution in [0.15, 0.2) is 31.8 Å². The highest BCUT2D eigenvalue weighted by Gasteiger charge is 2.18. The molecule has 0 unspecified atom stereocenters. The molecular weight excluding hydrogens is 314 g/mol. The second kappa shape index (κ2) is 6.56. The summed E-state index contributed by atoms with van der Waals surface area (Å²) in [7, 11) is -3.73. The van der Waals surface area contributed by atoms with Crippen LogP contribution in [-0.2, 0) is 23.1 Å². The molecule has 0 saturated heterocycles. The summed E-state index contributed by atoms with van der Waals surface area (Å²) in [5.41, 5.74) is 0.516. The smallest absolute Gasteiger partial charge is 0.304 e. The minimum atomic E-state index is -3.73. The van der Waals surface area contributed by atoms with E-state index in [1.165, 1.54) is 6.07 Å². The minimum absolute atomic E-state index is 0.0152. The number of nitrogens with one attached hydrogen (secondary N) is 3. The van der Waals surface area contributed by atoms with Gasteiger partial charge < -0.3 is 14.7 Å². The van der Waals surface area contributed by atoms with Gasteiger partial charge in [-0.15, -0.1) is 0 Å². The molecule has 0 aliphatic carbocycles. The first-order valence-corrected chi connectivity index (χ1v) is 8.71. The van der Waals surface area contributed by atoms with Crippen molar-refractivity contribution in [1.29, 1.82) is 0 Å². The van der Waals surface area contributed by atoms with Crippen molar-refractivity contribution in [3.8, 4) is 0 Å². The number of furan rings is 1. The monoisotopic (exact) mass is 331 g/mol. The van der Waals surface area contributed by atoms with Crippen LogP contribution in [-0.4, -0.2) is 19.4 Å². The molecule has 0 saturated carbocycles. The van der Waals surface area contributed by atoms with E-state index in [0.717, 1.165) is 11.3 Å². The topological polar surface area (TPSA) is 104 Å². The van der Waals surface area contributed by atoms with Crippen molar-refractivity contribution in [3.05, 3.63) is 38.6 Å². The predicted octanol–water partition coefficient (Wildman–Crippen LogP) is 1.01. The number of aromatic nitrogens is 1. The second-order valence-corrected chi connectivity index (χ2v) is 7.29. The van der Waals surface area contributed by atoms with Crippen LogP contribution in [0, 0.1) is 0 Å². The van der Waals surface area contributed by atoms with Crippen molar-refractivity contribution in [2.24, 2.45) is 0 Å². The summed E-state index contributed by atoms with van der Waals surface area (Å²) in [6.45, 7) is 4.46. The maximum absolute atomic E-state index is 12.0. The standard InChI is InChI=1S/C12H17N3O4S2/c1-8(2)13-6-10-3-4-11(19-10)21(17,18)14-5-9-7-20-12(16)15-9/h3-4,7-8,13-14H,5-6H2,1-2H3,(H,15,16). The van der Waals surface area contributed by atoms with Gasteiger partial charge in [0.05, 0.1) is 13.1 Å². The molecule has 2 aromatic heterocycles. The van der Waals surface area contributed by atoms with Gasteiger partial charge in [0.15, 0.2) is 0 Å². The van der Waals surface area contributed by atoms with E-state index in [9.17, 15) is 13.2 Å². The van der Waals surface area contributed by atoms with Gasteiger partial charge in [-0.05, 0) is 12.1 Å². The third-order valence-electron chi connectivity index (χ3n) is 2.61. The maximum Gasteiger partial charge on any atom is 0.304 e. The van der Waals surface area contributed by atoms with E-state index < -0.39 is 10.0 Å². The lowest BCUT2D eigenvalue weighted by Crippen LogP contribution is -2.23. The first-order valence-electron chi connectivity index (χ1n) is 6.35. The molecule has 0 aliphatic heterocycles. The first-order chi connectivity index (χ1) is 9.87. The Morgan fingerprint density at radius 1 is 1.33 bits per heavy atom. The molecule has 2 heterocycles. The van der Waals surface area contributed by atoms with Crippen molar-refractivity contribution >= 4 is 21.4 Å². The fraction of sp³-hybridized carbons (Fsp3) is 0.417. The Morgan fingerprint density at radius 2 is 2.10 bits per heavy atom. The van der Waals surface area contributed by atoms with E-state index in [1.807, 2.05) is 13.8 Å². The van der Waals surface area contributed by atoms with Gasteiger partial charge in [-0.1, -0.05) is 25.2 Å². The molecule has 116 valence electrons. The molecule has 0 atom stereocenters. The van der Waals surface area contributed by atoms with Gasteiger partial charge in [-0.2, -0.15) is 0 Å². The summed E-state index contributed by atoms with van der Waals surface area (Å²) < 4.78 is 31.8. The van der Waals surface area contributed by atoms with Crippen molar-refractivity contribution in [1.82, 2.24) is 15.0 Å². The number of sulfonamides is 1. The highest BCUT2D eigenvalue weighted by molar-refractivity contribution is 7.89. The van der Waals surface area contributed by atoms with Crippen molar-refractivity contribution in [3.63, 3.8) is 0 Å². The maximum atomic E-state index is 12.0. The third kappa shape index (κ3) is 4.53. The molecule has 0 spiro atoms. The van der Waals surface area contributed by atoms with Crippen LogP contribution in [0.5, 0.6) is 0 Å². The molecule has 0 amide bonds. The van der Waals surface area contributed by atoms with Crippen molar-refractivity contribution < 1.29 is 12.8 Å². The highest BCUT2D eigenvalue weighted by Crippen LogP contribution is 2.14. The van der Waals surface area contributed by atoms with E-state index in [0.29, 0.717) is 18.0 Å². The molecular formula is C12H17N3O4S2. The second-order valence-electron chi connectivity index (χ2n) is 4.75. The van der Waals surface area contributed by atoms with E-state index in [4.69, 9.17) is 4.42 Å². The average molecular weight is 331 g/mol. The van der Waals surface area contributed by atoms with Gasteiger partial charge in [0.2, 0.25) is 5.09 Å². The zero-order valence-corrected chi connectivity index (χ0v) is 13.3. The third-order valence-corrected chi connectivity index (χ3v) is 4.60. The van der Waals surface area contributed by atoms with E-state index in [2.05, 4.69) is 15.0 Å². The Hall–Kier alpha value is -1.42. The van der Waals surface area contributed by atoms with Gasteiger partial charge in [-0.25, -0.2) is 13.1 Å². The highest BCUT2D eigenvalue weighted by atomic mass is 32.2. The number of hydrogen-bond donors (Lipinski definition) is 3. The average Bonchev–Trinajstić information content (AvgIpc) is 3.03. The number of hydrogen-bond acceptors (Lipinski definition) is 6. The normalized spacial score (nSPS) is 12.1. The van der Waals surface area contributed by atoms with Crippen molar-refractivity contribution in [2.45, 2.75) is 38.1 Å². The zero-order valence-electron chi connectivity index (χ0n) is 11.7. The van der Waals surface area contributed by atoms with Gasteiger partial charge >= 0.3 is 4.87 Å². The first kappa shape index (κ1) is 16.0. The van der Waals surface area contributed by atoms with E-state index >= 15 is 0 Å². The van der Waals surface area contributed by atoms with Crippen LogP contribution in [0.4, 0.5) is 0 Å². The van der Waals surface area contributed by atoms with Crippen LogP contribution >= 0.6 is 11.3 Å². The molecule has 0 bridgehead atoms. The number of H-pyrrole nitrogens is 1. The Kier molecular flexibility index (Phi) is 4.99. The fourth-order valence-corrected chi connectivity index (χ4v) is 3.08. The molecule has 2 aromatic rings.